The number of aryl methyl sites for hydroxylation is 1. The maximum atomic E-state index is 14.2. The van der Waals surface area contributed by atoms with Crippen molar-refractivity contribution >= 4 is 33.2 Å². The number of carbonyl (C=O) groups is 1. The molecular weight excluding hydrogens is 758 g/mol. The predicted octanol–water partition coefficient (Wildman–Crippen LogP) is 6.37. The summed E-state index contributed by atoms with van der Waals surface area (Å²) >= 11 is 6.54. The van der Waals surface area contributed by atoms with E-state index in [1.807, 2.05) is 51.2 Å². The van der Waals surface area contributed by atoms with Gasteiger partial charge in [-0.2, -0.15) is 0 Å². The third kappa shape index (κ3) is 8.40. The zero-order valence-corrected chi connectivity index (χ0v) is 36.1. The molecule has 3 fully saturated rings. The molecule has 2 aliphatic carbocycles. The van der Waals surface area contributed by atoms with Gasteiger partial charge >= 0.3 is 0 Å². The van der Waals surface area contributed by atoms with Crippen LogP contribution in [0.2, 0.25) is 5.02 Å². The summed E-state index contributed by atoms with van der Waals surface area (Å²) in [4.78, 5) is 23.8. The number of hydrogen-bond acceptors (Lipinski definition) is 9. The van der Waals surface area contributed by atoms with E-state index in [0.717, 1.165) is 87.8 Å². The molecule has 8 rings (SSSR count). The van der Waals surface area contributed by atoms with Crippen molar-refractivity contribution in [3.63, 3.8) is 0 Å². The summed E-state index contributed by atoms with van der Waals surface area (Å²) in [6.45, 7) is 9.83. The van der Waals surface area contributed by atoms with Crippen molar-refractivity contribution in [2.75, 3.05) is 85.1 Å². The van der Waals surface area contributed by atoms with Crippen molar-refractivity contribution in [2.24, 2.45) is 17.8 Å². The number of carbonyl (C=O) groups excluding carboxylic acids is 1. The molecule has 2 bridgehead atoms. The lowest BCUT2D eigenvalue weighted by atomic mass is 9.63. The summed E-state index contributed by atoms with van der Waals surface area (Å²) in [6, 6.07) is 12.4. The van der Waals surface area contributed by atoms with Gasteiger partial charge in [-0.25, -0.2) is 13.1 Å². The molecule has 2 aromatic rings. The molecule has 4 aliphatic heterocycles. The molecule has 6 aliphatic rings. The van der Waals surface area contributed by atoms with Gasteiger partial charge in [0.05, 0.1) is 17.5 Å². The molecule has 12 heteroatoms. The molecule has 4 heterocycles. The number of rotatable bonds is 6. The molecule has 1 saturated carbocycles. The number of nitrogens with one attached hydrogen (secondary N) is 1. The lowest BCUT2D eigenvalue weighted by Crippen LogP contribution is -2.61. The number of nitrogens with zero attached hydrogens (tertiary/aromatic N) is 4. The molecular formula is C45H64ClN5O5S. The molecule has 2 aromatic carbocycles. The zero-order valence-electron chi connectivity index (χ0n) is 34.6. The Morgan fingerprint density at radius 2 is 1.89 bits per heavy atom. The molecule has 57 heavy (non-hydrogen) atoms. The fraction of sp³-hybridized carbons (Fsp3) is 0.667. The van der Waals surface area contributed by atoms with Crippen LogP contribution in [0.1, 0.15) is 86.2 Å². The second-order valence-corrected chi connectivity index (χ2v) is 20.9. The fourth-order valence-electron chi connectivity index (χ4n) is 11.3. The molecule has 0 radical (unpaired) electrons. The summed E-state index contributed by atoms with van der Waals surface area (Å²) in [5.41, 5.74) is 2.95. The number of hydrogen-bond donors (Lipinski definition) is 1. The van der Waals surface area contributed by atoms with Gasteiger partial charge in [-0.3, -0.25) is 14.6 Å². The van der Waals surface area contributed by atoms with Crippen molar-refractivity contribution < 1.29 is 22.7 Å². The average Bonchev–Trinajstić information content (AvgIpc) is 3.32. The normalized spacial score (nSPS) is 33.9. The van der Waals surface area contributed by atoms with E-state index in [-0.39, 0.29) is 17.3 Å². The molecule has 2 saturated heterocycles. The van der Waals surface area contributed by atoms with Crippen LogP contribution in [0.3, 0.4) is 0 Å². The van der Waals surface area contributed by atoms with Crippen molar-refractivity contribution in [3.8, 4) is 5.75 Å². The summed E-state index contributed by atoms with van der Waals surface area (Å²) < 4.78 is 44.6. The zero-order chi connectivity index (χ0) is 40.0. The molecule has 312 valence electrons. The summed E-state index contributed by atoms with van der Waals surface area (Å²) in [6.07, 6.45) is 14.5. The second kappa shape index (κ2) is 16.8. The van der Waals surface area contributed by atoms with Crippen LogP contribution >= 0.6 is 11.6 Å². The first-order valence-electron chi connectivity index (χ1n) is 21.6. The van der Waals surface area contributed by atoms with Gasteiger partial charge in [0, 0.05) is 68.4 Å². The van der Waals surface area contributed by atoms with Crippen molar-refractivity contribution in [1.29, 1.82) is 0 Å². The van der Waals surface area contributed by atoms with E-state index in [9.17, 15) is 13.2 Å². The van der Waals surface area contributed by atoms with Crippen molar-refractivity contribution in [1.82, 2.24) is 19.4 Å². The number of piperazine rings is 1. The maximum Gasteiger partial charge on any atom is 0.264 e. The highest BCUT2D eigenvalue weighted by molar-refractivity contribution is 7.90. The van der Waals surface area contributed by atoms with Crippen LogP contribution in [0.25, 0.3) is 0 Å². The number of halogens is 1. The van der Waals surface area contributed by atoms with Gasteiger partial charge in [0.25, 0.3) is 5.91 Å². The minimum Gasteiger partial charge on any atom is -0.490 e. The lowest BCUT2D eigenvalue weighted by Gasteiger charge is -2.53. The van der Waals surface area contributed by atoms with E-state index in [2.05, 4.69) is 43.7 Å². The highest BCUT2D eigenvalue weighted by atomic mass is 35.5. The highest BCUT2D eigenvalue weighted by Crippen LogP contribution is 2.49. The van der Waals surface area contributed by atoms with E-state index >= 15 is 0 Å². The predicted molar refractivity (Wildman–Crippen MR) is 228 cm³/mol. The molecule has 0 unspecified atom stereocenters. The Hall–Kier alpha value is -2.67. The van der Waals surface area contributed by atoms with Gasteiger partial charge in [0.15, 0.2) is 0 Å². The fourth-order valence-corrected chi connectivity index (χ4v) is 13.1. The third-order valence-electron chi connectivity index (χ3n) is 14.6. The number of fused-ring (bicyclic) bond motifs is 5. The molecule has 7 atom stereocenters. The third-order valence-corrected chi connectivity index (χ3v) is 16.8. The van der Waals surface area contributed by atoms with Crippen molar-refractivity contribution in [2.45, 2.75) is 93.4 Å². The number of anilines is 1. The summed E-state index contributed by atoms with van der Waals surface area (Å²) in [7, 11) is 1.76. The smallest absolute Gasteiger partial charge is 0.264 e. The van der Waals surface area contributed by atoms with Crippen LogP contribution in [-0.2, 0) is 26.6 Å². The number of benzene rings is 2. The second-order valence-electron chi connectivity index (χ2n) is 18.5. The Balaban J connectivity index is 1.20. The van der Waals surface area contributed by atoms with E-state index in [4.69, 9.17) is 21.1 Å². The van der Waals surface area contributed by atoms with Crippen LogP contribution in [0.5, 0.6) is 5.75 Å². The van der Waals surface area contributed by atoms with Crippen LogP contribution in [0.15, 0.2) is 48.6 Å². The molecule has 10 nitrogen and oxygen atoms in total. The largest absolute Gasteiger partial charge is 0.490 e. The Labute approximate surface area is 346 Å². The molecule has 1 spiro atoms. The number of amides is 1. The first-order valence-corrected chi connectivity index (χ1v) is 23.5. The average molecular weight is 823 g/mol. The number of allylic oxidation sites excluding steroid dienone is 1. The minimum absolute atomic E-state index is 0.225. The van der Waals surface area contributed by atoms with Gasteiger partial charge in [-0.1, -0.05) is 43.2 Å². The first kappa shape index (κ1) is 41.1. The Kier molecular flexibility index (Phi) is 12.1. The minimum atomic E-state index is -4.03. The van der Waals surface area contributed by atoms with Gasteiger partial charge in [0.2, 0.25) is 10.0 Å². The Bertz CT molecular complexity index is 1930. The van der Waals surface area contributed by atoms with E-state index in [1.54, 1.807) is 6.07 Å². The van der Waals surface area contributed by atoms with Crippen LogP contribution in [-0.4, -0.2) is 126 Å². The van der Waals surface area contributed by atoms with Gasteiger partial charge in [0.1, 0.15) is 11.4 Å². The van der Waals surface area contributed by atoms with Crippen LogP contribution < -0.4 is 14.4 Å². The Morgan fingerprint density at radius 1 is 1.04 bits per heavy atom. The van der Waals surface area contributed by atoms with Crippen molar-refractivity contribution in [3.05, 3.63) is 70.3 Å². The number of sulfonamides is 1. The van der Waals surface area contributed by atoms with Gasteiger partial charge in [-0.05, 0) is 144 Å². The SMILES string of the molecule is CO[C@]1(CN2CCN3CCCC[C@@H]3C2)/C=C\C[C@H](C)[C@@H](CCN(C)C)S(=O)(=O)NC(=O)c2ccc3c(c2)N(C[C@@H]2CC[C@H]21)C[C@@]1(CCCc2cc(Cl)ccc21)CO3. The monoisotopic (exact) mass is 821 g/mol. The van der Waals surface area contributed by atoms with Crippen LogP contribution in [0, 0.1) is 17.8 Å². The lowest BCUT2D eigenvalue weighted by molar-refractivity contribution is -0.100. The number of piperidine rings is 1. The van der Waals surface area contributed by atoms with Gasteiger partial charge in [-0.15, -0.1) is 0 Å². The van der Waals surface area contributed by atoms with E-state index < -0.39 is 26.8 Å². The highest BCUT2D eigenvalue weighted by Gasteiger charge is 2.50. The van der Waals surface area contributed by atoms with Gasteiger partial charge < -0.3 is 19.3 Å². The maximum absolute atomic E-state index is 14.2. The van der Waals surface area contributed by atoms with Crippen LogP contribution in [0.4, 0.5) is 5.69 Å². The number of ether oxygens (including phenoxy) is 2. The quantitative estimate of drug-likeness (QED) is 0.334. The summed E-state index contributed by atoms with van der Waals surface area (Å²) in [5.74, 6) is 0.518. The Morgan fingerprint density at radius 3 is 2.68 bits per heavy atom. The first-order chi connectivity index (χ1) is 27.4. The standard InChI is InChI=1S/C45H64ClN5O5S/c1-32-9-7-20-45(55-4,30-49-23-24-50-21-6-5-11-37(50)28-49)39-15-12-35(39)27-51-29-44(19-8-10-33-25-36(46)14-16-38(33)44)31-56-41-17-13-34(26-40(41)51)43(52)47-57(53,54)42(32)18-22-48(2)3/h7,13-14,16-17,20,25-26,32,35,37,39,42H,5-6,8-12,15,18-19,21-24,27-31H2,1-4H3,(H,47,52)/b20-7-/t32-,35-,37+,39+,42+,44-,45-/m0/s1. The number of methoxy groups -OCH3 is 1. The van der Waals surface area contributed by atoms with E-state index in [0.29, 0.717) is 43.5 Å². The molecule has 1 N–H and O–H groups in total. The molecule has 0 aromatic heterocycles. The molecule has 1 amide bonds. The van der Waals surface area contributed by atoms with E-state index in [1.165, 1.54) is 36.9 Å². The summed E-state index contributed by atoms with van der Waals surface area (Å²) in [5, 5.41) is -0.00154. The topological polar surface area (TPSA) is 94.7 Å².